The van der Waals surface area contributed by atoms with Crippen LogP contribution in [0.2, 0.25) is 0 Å². The zero-order valence-corrected chi connectivity index (χ0v) is 18.2. The maximum Gasteiger partial charge on any atom is 0.229 e. The number of hydrogen-bond acceptors (Lipinski definition) is 7. The van der Waals surface area contributed by atoms with Crippen LogP contribution in [0.3, 0.4) is 0 Å². The number of carbonyl (C=O) groups excluding carboxylic acids is 1. The molecule has 8 heteroatoms. The molecular weight excluding hydrogens is 418 g/mol. The monoisotopic (exact) mass is 441 g/mol. The minimum Gasteiger partial charge on any atom is -0.436 e. The first-order chi connectivity index (χ1) is 16.1. The van der Waals surface area contributed by atoms with Crippen molar-refractivity contribution in [3.05, 3.63) is 42.2 Å². The third-order valence-electron chi connectivity index (χ3n) is 7.18. The summed E-state index contributed by atoms with van der Waals surface area (Å²) in [5, 5.41) is 7.74. The second-order valence-corrected chi connectivity index (χ2v) is 9.43. The van der Waals surface area contributed by atoms with Crippen LogP contribution in [0.4, 0.5) is 11.6 Å². The molecule has 2 bridgehead atoms. The van der Waals surface area contributed by atoms with Crippen molar-refractivity contribution in [2.75, 3.05) is 24.3 Å². The predicted molar refractivity (Wildman–Crippen MR) is 124 cm³/mol. The Labute approximate surface area is 189 Å². The zero-order valence-electron chi connectivity index (χ0n) is 18.2. The lowest BCUT2D eigenvalue weighted by Crippen LogP contribution is -2.33. The van der Waals surface area contributed by atoms with Gasteiger partial charge in [-0.05, 0) is 55.4 Å². The van der Waals surface area contributed by atoms with Crippen LogP contribution >= 0.6 is 0 Å². The van der Waals surface area contributed by atoms with Crippen molar-refractivity contribution in [2.45, 2.75) is 31.3 Å². The summed E-state index contributed by atoms with van der Waals surface area (Å²) in [5.74, 6) is 2.53. The molecule has 2 saturated heterocycles. The number of carbonyl (C=O) groups is 1. The molecule has 1 aromatic carbocycles. The number of oxazole rings is 1. The largest absolute Gasteiger partial charge is 0.436 e. The van der Waals surface area contributed by atoms with Crippen molar-refractivity contribution in [1.82, 2.24) is 15.0 Å². The van der Waals surface area contributed by atoms with Gasteiger partial charge in [-0.15, -0.1) is 0 Å². The van der Waals surface area contributed by atoms with E-state index in [4.69, 9.17) is 14.1 Å². The lowest BCUT2D eigenvalue weighted by molar-refractivity contribution is -0.117. The van der Waals surface area contributed by atoms with Gasteiger partial charge in [0.15, 0.2) is 5.58 Å². The third-order valence-corrected chi connectivity index (χ3v) is 7.18. The summed E-state index contributed by atoms with van der Waals surface area (Å²) in [5.41, 5.74) is 3.32. The molecule has 8 nitrogen and oxygen atoms in total. The SMILES string of the molecule is CNc1ncc(-c2nc3cc(C45CC(CO4)C5)ccc3o2)c2cc(NC(=O)C3CC3)ncc12. The van der Waals surface area contributed by atoms with Gasteiger partial charge < -0.3 is 19.8 Å². The second kappa shape index (κ2) is 6.74. The van der Waals surface area contributed by atoms with Gasteiger partial charge in [0, 0.05) is 36.1 Å². The number of anilines is 2. The molecule has 0 atom stereocenters. The van der Waals surface area contributed by atoms with E-state index < -0.39 is 0 Å². The molecule has 2 N–H and O–H groups in total. The van der Waals surface area contributed by atoms with Gasteiger partial charge in [-0.1, -0.05) is 6.07 Å². The first-order valence-electron chi connectivity index (χ1n) is 11.4. The number of benzene rings is 1. The van der Waals surface area contributed by atoms with Gasteiger partial charge >= 0.3 is 0 Å². The first-order valence-corrected chi connectivity index (χ1v) is 11.4. The van der Waals surface area contributed by atoms with E-state index in [1.54, 1.807) is 12.4 Å². The summed E-state index contributed by atoms with van der Waals surface area (Å²) in [4.78, 5) is 26.0. The highest BCUT2D eigenvalue weighted by Crippen LogP contribution is 2.55. The Bertz CT molecular complexity index is 1430. The second-order valence-electron chi connectivity index (χ2n) is 9.43. The van der Waals surface area contributed by atoms with Gasteiger partial charge in [0.1, 0.15) is 17.2 Å². The maximum atomic E-state index is 12.3. The fourth-order valence-electron chi connectivity index (χ4n) is 5.18. The number of nitrogens with zero attached hydrogens (tertiary/aromatic N) is 3. The molecule has 33 heavy (non-hydrogen) atoms. The van der Waals surface area contributed by atoms with Crippen LogP contribution in [0, 0.1) is 11.8 Å². The summed E-state index contributed by atoms with van der Waals surface area (Å²) in [7, 11) is 1.82. The molecule has 8 rings (SSSR count). The van der Waals surface area contributed by atoms with E-state index in [-0.39, 0.29) is 17.4 Å². The zero-order chi connectivity index (χ0) is 22.2. The van der Waals surface area contributed by atoms with Gasteiger partial charge in [0.2, 0.25) is 11.8 Å². The van der Waals surface area contributed by atoms with Gasteiger partial charge in [-0.2, -0.15) is 0 Å². The van der Waals surface area contributed by atoms with Crippen molar-refractivity contribution in [2.24, 2.45) is 11.8 Å². The topological polar surface area (TPSA) is 102 Å². The third kappa shape index (κ3) is 2.94. The quantitative estimate of drug-likeness (QED) is 0.471. The van der Waals surface area contributed by atoms with E-state index in [1.807, 2.05) is 19.2 Å². The van der Waals surface area contributed by atoms with Gasteiger partial charge in [0.05, 0.1) is 17.8 Å². The molecule has 4 aliphatic rings. The van der Waals surface area contributed by atoms with E-state index in [1.165, 1.54) is 5.56 Å². The normalized spacial score (nSPS) is 23.6. The summed E-state index contributed by atoms with van der Waals surface area (Å²) in [6.45, 7) is 0.852. The van der Waals surface area contributed by atoms with E-state index in [2.05, 4.69) is 32.7 Å². The summed E-state index contributed by atoms with van der Waals surface area (Å²) >= 11 is 0. The number of pyridine rings is 2. The molecule has 2 aliphatic carbocycles. The van der Waals surface area contributed by atoms with Crippen LogP contribution in [0.5, 0.6) is 0 Å². The Hall–Kier alpha value is -3.52. The molecule has 0 spiro atoms. The predicted octanol–water partition coefficient (Wildman–Crippen LogP) is 4.46. The first kappa shape index (κ1) is 19.0. The van der Waals surface area contributed by atoms with E-state index >= 15 is 0 Å². The lowest BCUT2D eigenvalue weighted by Gasteiger charge is -2.36. The van der Waals surface area contributed by atoms with E-state index in [9.17, 15) is 4.79 Å². The van der Waals surface area contributed by atoms with Gasteiger partial charge in [-0.3, -0.25) is 4.79 Å². The Morgan fingerprint density at radius 2 is 2.00 bits per heavy atom. The molecule has 2 saturated carbocycles. The Morgan fingerprint density at radius 1 is 1.12 bits per heavy atom. The molecule has 5 heterocycles. The van der Waals surface area contributed by atoms with Crippen molar-refractivity contribution < 1.29 is 13.9 Å². The van der Waals surface area contributed by atoms with Crippen LogP contribution in [-0.4, -0.2) is 34.5 Å². The fraction of sp³-hybridized carbons (Fsp3) is 0.360. The average Bonchev–Trinajstić information content (AvgIpc) is 3.25. The lowest BCUT2D eigenvalue weighted by atomic mass is 9.71. The van der Waals surface area contributed by atoms with Crippen molar-refractivity contribution >= 4 is 39.4 Å². The minimum atomic E-state index is -0.138. The van der Waals surface area contributed by atoms with E-state index in [0.29, 0.717) is 23.4 Å². The van der Waals surface area contributed by atoms with E-state index in [0.717, 1.165) is 59.7 Å². The number of ether oxygens (including phenoxy) is 1. The summed E-state index contributed by atoms with van der Waals surface area (Å²) in [6, 6.07) is 8.03. The summed E-state index contributed by atoms with van der Waals surface area (Å²) in [6.07, 6.45) is 7.54. The molecule has 2 aliphatic heterocycles. The maximum absolute atomic E-state index is 12.3. The minimum absolute atomic E-state index is 0.0208. The molecule has 0 unspecified atom stereocenters. The number of nitrogens with one attached hydrogen (secondary N) is 2. The van der Waals surface area contributed by atoms with Crippen LogP contribution in [0.15, 0.2) is 41.1 Å². The van der Waals surface area contributed by atoms with Gasteiger partial charge in [0.25, 0.3) is 0 Å². The highest BCUT2D eigenvalue weighted by atomic mass is 16.5. The highest BCUT2D eigenvalue weighted by molar-refractivity contribution is 6.03. The van der Waals surface area contributed by atoms with Gasteiger partial charge in [-0.25, -0.2) is 15.0 Å². The highest BCUT2D eigenvalue weighted by Gasteiger charge is 2.53. The van der Waals surface area contributed by atoms with Crippen LogP contribution in [0.25, 0.3) is 33.3 Å². The molecule has 0 radical (unpaired) electrons. The number of hydrogen-bond donors (Lipinski definition) is 2. The molecule has 3 aromatic heterocycles. The van der Waals surface area contributed by atoms with Crippen LogP contribution < -0.4 is 10.6 Å². The smallest absolute Gasteiger partial charge is 0.229 e. The average molecular weight is 441 g/mol. The Morgan fingerprint density at radius 3 is 2.76 bits per heavy atom. The number of fused-ring (bicyclic) bond motifs is 3. The van der Waals surface area contributed by atoms with Crippen LogP contribution in [-0.2, 0) is 15.1 Å². The Balaban J connectivity index is 1.32. The van der Waals surface area contributed by atoms with Crippen molar-refractivity contribution in [3.63, 3.8) is 0 Å². The number of rotatable bonds is 5. The molecule has 4 fully saturated rings. The summed E-state index contributed by atoms with van der Waals surface area (Å²) < 4.78 is 12.2. The molecular formula is C25H23N5O3. The molecule has 4 aromatic rings. The molecule has 166 valence electrons. The fourth-order valence-corrected chi connectivity index (χ4v) is 5.18. The number of amides is 1. The van der Waals surface area contributed by atoms with Crippen molar-refractivity contribution in [3.8, 4) is 11.5 Å². The standard InChI is InChI=1S/C25H23N5O3/c1-26-22-17-10-27-21(30-23(31)14-2-3-14)7-16(17)18(11-28-22)24-29-19-6-15(4-5-20(19)33-24)25-8-13(9-25)12-32-25/h4-7,10-11,13-14H,2-3,8-9,12H2,1H3,(H,26,28)(H,27,30,31). The van der Waals surface area contributed by atoms with Crippen molar-refractivity contribution in [1.29, 1.82) is 0 Å². The molecule has 1 amide bonds. The Kier molecular flexibility index (Phi) is 3.88. The number of aromatic nitrogens is 3. The van der Waals surface area contributed by atoms with Crippen LogP contribution in [0.1, 0.15) is 31.2 Å².